The van der Waals surface area contributed by atoms with Gasteiger partial charge in [-0.15, -0.1) is 0 Å². The Morgan fingerprint density at radius 3 is 2.22 bits per heavy atom. The Balaban J connectivity index is 0.00000201. The highest BCUT2D eigenvalue weighted by Gasteiger charge is 2.38. The molecule has 7 N–H and O–H groups in total. The lowest BCUT2D eigenvalue weighted by atomic mass is 9.93. The van der Waals surface area contributed by atoms with Crippen molar-refractivity contribution in [3.8, 4) is 5.75 Å². The van der Waals surface area contributed by atoms with Crippen molar-refractivity contribution in [2.45, 2.75) is 90.1 Å². The fourth-order valence-corrected chi connectivity index (χ4v) is 3.38. The van der Waals surface area contributed by atoms with Crippen LogP contribution in [-0.4, -0.2) is 76.6 Å². The minimum Gasteiger partial charge on any atom is -0.494 e. The quantitative estimate of drug-likeness (QED) is 0.148. The number of ether oxygens (including phenoxy) is 1. The van der Waals surface area contributed by atoms with Crippen molar-refractivity contribution in [2.75, 3.05) is 13.2 Å². The molecule has 0 heterocycles. The van der Waals surface area contributed by atoms with Crippen LogP contribution in [0.4, 0.5) is 13.2 Å². The molecule has 0 saturated carbocycles. The third-order valence-electron chi connectivity index (χ3n) is 5.73. The second kappa shape index (κ2) is 19.6. The zero-order chi connectivity index (χ0) is 31.6. The first-order valence-electron chi connectivity index (χ1n) is 13.3. The first-order valence-corrected chi connectivity index (χ1v) is 13.3. The van der Waals surface area contributed by atoms with E-state index in [0.29, 0.717) is 38.2 Å². The average molecular weight is 594 g/mol. The van der Waals surface area contributed by atoms with Gasteiger partial charge in [-0.25, -0.2) is 4.79 Å². The molecule has 0 unspecified atom stereocenters. The molecular formula is C27H42F3N3O8. The number of unbranched alkanes of at least 4 members (excludes halogenated alkanes) is 2. The number of nitrogens with one attached hydrogen (secondary N) is 2. The maximum Gasteiger partial charge on any atom is 0.490 e. The summed E-state index contributed by atoms with van der Waals surface area (Å²) in [4.78, 5) is 44.1. The third kappa shape index (κ3) is 17.8. The molecule has 0 saturated heterocycles. The van der Waals surface area contributed by atoms with Crippen LogP contribution in [0.3, 0.4) is 0 Å². The smallest absolute Gasteiger partial charge is 0.490 e. The summed E-state index contributed by atoms with van der Waals surface area (Å²) >= 11 is 0. The Morgan fingerprint density at radius 1 is 1.05 bits per heavy atom. The largest absolute Gasteiger partial charge is 0.494 e. The minimum absolute atomic E-state index is 0.108. The number of aliphatic carboxylic acids is 2. The molecule has 1 aromatic carbocycles. The number of hydrogen-bond acceptors (Lipinski definition) is 7. The normalized spacial score (nSPS) is 14.0. The minimum atomic E-state index is -5.08. The molecule has 0 aliphatic heterocycles. The summed E-state index contributed by atoms with van der Waals surface area (Å²) in [5.41, 5.74) is 6.55. The van der Waals surface area contributed by atoms with Crippen LogP contribution in [0.2, 0.25) is 0 Å². The predicted octanol–water partition coefficient (Wildman–Crippen LogP) is 2.63. The number of alkyl halides is 3. The fourth-order valence-electron chi connectivity index (χ4n) is 3.38. The lowest BCUT2D eigenvalue weighted by Gasteiger charge is -2.27. The number of aliphatic hydroxyl groups excluding tert-OH is 1. The summed E-state index contributed by atoms with van der Waals surface area (Å²) in [5.74, 6) is -3.87. The number of amides is 2. The van der Waals surface area contributed by atoms with E-state index in [2.05, 4.69) is 10.6 Å². The van der Waals surface area contributed by atoms with Crippen LogP contribution in [0.25, 0.3) is 0 Å². The molecular weight excluding hydrogens is 551 g/mol. The molecule has 0 spiro atoms. The van der Waals surface area contributed by atoms with E-state index >= 15 is 0 Å². The van der Waals surface area contributed by atoms with Gasteiger partial charge in [-0.05, 0) is 56.7 Å². The first-order chi connectivity index (χ1) is 19.1. The number of nitrogens with two attached hydrogens (primary N) is 1. The van der Waals surface area contributed by atoms with Gasteiger partial charge < -0.3 is 36.4 Å². The van der Waals surface area contributed by atoms with Gasteiger partial charge in [0.05, 0.1) is 24.8 Å². The van der Waals surface area contributed by atoms with Gasteiger partial charge in [-0.1, -0.05) is 32.4 Å². The Morgan fingerprint density at radius 2 is 1.68 bits per heavy atom. The topological polar surface area (TPSA) is 188 Å². The monoisotopic (exact) mass is 593 g/mol. The van der Waals surface area contributed by atoms with Crippen LogP contribution in [0.15, 0.2) is 24.3 Å². The Kier molecular flexibility index (Phi) is 18.0. The summed E-state index contributed by atoms with van der Waals surface area (Å²) in [7, 11) is 0. The van der Waals surface area contributed by atoms with Crippen molar-refractivity contribution in [3.05, 3.63) is 29.8 Å². The van der Waals surface area contributed by atoms with Crippen LogP contribution < -0.4 is 21.1 Å². The molecule has 0 aliphatic rings. The lowest BCUT2D eigenvalue weighted by molar-refractivity contribution is -0.192. The first kappa shape index (κ1) is 37.6. The number of aliphatic hydroxyl groups is 1. The van der Waals surface area contributed by atoms with E-state index in [1.54, 1.807) is 19.9 Å². The highest BCUT2D eigenvalue weighted by atomic mass is 19.4. The summed E-state index contributed by atoms with van der Waals surface area (Å²) in [6, 6.07) is 5.96. The van der Waals surface area contributed by atoms with Crippen molar-refractivity contribution < 1.29 is 52.4 Å². The molecule has 234 valence electrons. The van der Waals surface area contributed by atoms with Crippen molar-refractivity contribution in [3.63, 3.8) is 0 Å². The van der Waals surface area contributed by atoms with Crippen molar-refractivity contribution in [1.29, 1.82) is 0 Å². The van der Waals surface area contributed by atoms with Gasteiger partial charge in [-0.3, -0.25) is 14.4 Å². The molecule has 0 fully saturated rings. The van der Waals surface area contributed by atoms with Gasteiger partial charge in [0.15, 0.2) is 0 Å². The van der Waals surface area contributed by atoms with Gasteiger partial charge in [0.2, 0.25) is 11.8 Å². The van der Waals surface area contributed by atoms with E-state index in [4.69, 9.17) is 25.5 Å². The van der Waals surface area contributed by atoms with E-state index < -0.39 is 42.2 Å². The maximum atomic E-state index is 12.3. The number of carboxylic acids is 2. The molecule has 14 heteroatoms. The van der Waals surface area contributed by atoms with E-state index in [1.807, 2.05) is 25.1 Å². The SMILES string of the molecule is CCCCNC(=O)[C@H](C)C[C@H](O)[C@H](Cc1cccc(OCCCCC(=O)O)c1)NC(=O)[C@H](C)N.O=C(O)C(F)(F)F. The number of hydrogen-bond donors (Lipinski definition) is 6. The zero-order valence-electron chi connectivity index (χ0n) is 23.6. The molecule has 2 amide bonds. The highest BCUT2D eigenvalue weighted by Crippen LogP contribution is 2.19. The van der Waals surface area contributed by atoms with E-state index in [-0.39, 0.29) is 24.7 Å². The summed E-state index contributed by atoms with van der Waals surface area (Å²) in [6.07, 6.45) is -2.36. The zero-order valence-corrected chi connectivity index (χ0v) is 23.6. The van der Waals surface area contributed by atoms with Crippen LogP contribution in [0.1, 0.15) is 64.9 Å². The number of halogens is 3. The van der Waals surface area contributed by atoms with Gasteiger partial charge >= 0.3 is 18.1 Å². The molecule has 0 radical (unpaired) electrons. The maximum absolute atomic E-state index is 12.3. The van der Waals surface area contributed by atoms with Crippen molar-refractivity contribution in [2.24, 2.45) is 11.7 Å². The molecule has 1 rings (SSSR count). The van der Waals surface area contributed by atoms with Gasteiger partial charge in [0.25, 0.3) is 0 Å². The molecule has 1 aromatic rings. The second-order valence-corrected chi connectivity index (χ2v) is 9.61. The summed E-state index contributed by atoms with van der Waals surface area (Å²) in [5, 5.41) is 32.4. The molecule has 41 heavy (non-hydrogen) atoms. The van der Waals surface area contributed by atoms with Gasteiger partial charge in [0.1, 0.15) is 5.75 Å². The fraction of sp³-hybridized carbons (Fsp3) is 0.630. The van der Waals surface area contributed by atoms with Crippen LogP contribution in [0.5, 0.6) is 5.75 Å². The number of rotatable bonds is 17. The molecule has 11 nitrogen and oxygen atoms in total. The predicted molar refractivity (Wildman–Crippen MR) is 144 cm³/mol. The van der Waals surface area contributed by atoms with Crippen molar-refractivity contribution >= 4 is 23.8 Å². The van der Waals surface area contributed by atoms with Crippen LogP contribution in [0, 0.1) is 5.92 Å². The molecule has 0 aliphatic carbocycles. The second-order valence-electron chi connectivity index (χ2n) is 9.61. The Hall–Kier alpha value is -3.39. The number of benzene rings is 1. The number of carbonyl (C=O) groups is 4. The highest BCUT2D eigenvalue weighted by molar-refractivity contribution is 5.81. The third-order valence-corrected chi connectivity index (χ3v) is 5.73. The lowest BCUT2D eigenvalue weighted by Crippen LogP contribution is -2.50. The van der Waals surface area contributed by atoms with Gasteiger partial charge in [0, 0.05) is 18.9 Å². The Labute approximate surface area is 237 Å². The van der Waals surface area contributed by atoms with Gasteiger partial charge in [-0.2, -0.15) is 13.2 Å². The number of carbonyl (C=O) groups excluding carboxylic acids is 2. The molecule has 4 atom stereocenters. The standard InChI is InChI=1S/C25H41N3O6.C2HF3O2/c1-4-5-12-27-24(32)17(2)14-22(29)21(28-25(33)18(3)26)16-19-9-8-10-20(15-19)34-13-7-6-11-23(30)31;3-2(4,5)1(6)7/h8-10,15,17-18,21-22,29H,4-7,11-14,16,26H2,1-3H3,(H,27,32)(H,28,33)(H,30,31);(H,6,7)/t17-,18+,21+,22+;/m1./s1. The Bertz CT molecular complexity index is 960. The molecule has 0 aromatic heterocycles. The van der Waals surface area contributed by atoms with Crippen LogP contribution in [-0.2, 0) is 25.6 Å². The van der Waals surface area contributed by atoms with E-state index in [1.165, 1.54) is 0 Å². The average Bonchev–Trinajstić information content (AvgIpc) is 2.87. The summed E-state index contributed by atoms with van der Waals surface area (Å²) in [6.45, 7) is 6.37. The van der Waals surface area contributed by atoms with Crippen molar-refractivity contribution in [1.82, 2.24) is 10.6 Å². The number of carboxylic acid groups (broad SMARTS) is 2. The summed E-state index contributed by atoms with van der Waals surface area (Å²) < 4.78 is 37.5. The van der Waals surface area contributed by atoms with E-state index in [0.717, 1.165) is 18.4 Å². The molecule has 0 bridgehead atoms. The van der Waals surface area contributed by atoms with Crippen LogP contribution >= 0.6 is 0 Å². The van der Waals surface area contributed by atoms with E-state index in [9.17, 15) is 32.7 Å².